The summed E-state index contributed by atoms with van der Waals surface area (Å²) in [7, 11) is 0. The van der Waals surface area contributed by atoms with Crippen molar-refractivity contribution >= 4 is 34.9 Å². The molecule has 1 rings (SSSR count). The fourth-order valence-electron chi connectivity index (χ4n) is 1.29. The molecule has 1 saturated carbocycles. The summed E-state index contributed by atoms with van der Waals surface area (Å²) in [5.74, 6) is -0.143. The van der Waals surface area contributed by atoms with Crippen LogP contribution in [-0.2, 0) is 9.63 Å². The van der Waals surface area contributed by atoms with Gasteiger partial charge in [-0.25, -0.2) is 4.79 Å². The number of oxime groups is 1. The summed E-state index contributed by atoms with van der Waals surface area (Å²) in [5, 5.41) is 3.68. The molecule has 1 fully saturated rings. The molecule has 0 spiro atoms. The molecule has 80 valence electrons. The fraction of sp³-hybridized carbons (Fsp3) is 0.778. The van der Waals surface area contributed by atoms with Crippen LogP contribution >= 0.6 is 23.2 Å². The molecule has 1 atom stereocenters. The lowest BCUT2D eigenvalue weighted by Gasteiger charge is -2.16. The van der Waals surface area contributed by atoms with Gasteiger partial charge in [0, 0.05) is 5.88 Å². The monoisotopic (exact) mass is 237 g/mol. The molecule has 5 heteroatoms. The summed E-state index contributed by atoms with van der Waals surface area (Å²) in [6.45, 7) is 0. The van der Waals surface area contributed by atoms with Crippen LogP contribution < -0.4 is 0 Å². The van der Waals surface area contributed by atoms with E-state index in [1.54, 1.807) is 0 Å². The Morgan fingerprint density at radius 3 is 3.00 bits per heavy atom. The Kier molecular flexibility index (Phi) is 5.26. The van der Waals surface area contributed by atoms with E-state index < -0.39 is 5.97 Å². The third-order valence-corrected chi connectivity index (χ3v) is 2.72. The summed E-state index contributed by atoms with van der Waals surface area (Å²) >= 11 is 11.4. The Hall–Kier alpha value is -0.280. The predicted molar refractivity (Wildman–Crippen MR) is 57.0 cm³/mol. The number of carbonyl (C=O) groups excluding carboxylic acids is 1. The van der Waals surface area contributed by atoms with Crippen molar-refractivity contribution in [1.82, 2.24) is 0 Å². The first-order valence-corrected chi connectivity index (χ1v) is 5.67. The Bertz CT molecular complexity index is 231. The Balaban J connectivity index is 2.38. The number of halogens is 2. The van der Waals surface area contributed by atoms with Crippen molar-refractivity contribution in [2.75, 3.05) is 5.88 Å². The van der Waals surface area contributed by atoms with Crippen LogP contribution in [-0.4, -0.2) is 22.9 Å². The number of alkyl halides is 2. The Labute approximate surface area is 93.4 Å². The molecule has 0 N–H and O–H groups in total. The lowest BCUT2D eigenvalue weighted by atomic mass is 9.98. The lowest BCUT2D eigenvalue weighted by Crippen LogP contribution is -2.20. The number of rotatable bonds is 3. The largest absolute Gasteiger partial charge is 0.336 e. The minimum atomic E-state index is -0.401. The van der Waals surface area contributed by atoms with Gasteiger partial charge in [-0.15, -0.1) is 23.2 Å². The highest BCUT2D eigenvalue weighted by Crippen LogP contribution is 2.20. The first kappa shape index (κ1) is 11.8. The third-order valence-electron chi connectivity index (χ3n) is 2.07. The molecule has 1 unspecified atom stereocenters. The van der Waals surface area contributed by atoms with E-state index in [0.717, 1.165) is 31.4 Å². The molecule has 0 heterocycles. The minimum Gasteiger partial charge on any atom is -0.318 e. The van der Waals surface area contributed by atoms with E-state index in [0.29, 0.717) is 0 Å². The van der Waals surface area contributed by atoms with Crippen molar-refractivity contribution < 1.29 is 9.63 Å². The SMILES string of the molecule is O=C(CCCl)ON=C1CCCCC1Cl. The molecule has 0 aromatic carbocycles. The van der Waals surface area contributed by atoms with E-state index >= 15 is 0 Å². The van der Waals surface area contributed by atoms with E-state index in [-0.39, 0.29) is 17.7 Å². The topological polar surface area (TPSA) is 38.7 Å². The summed E-state index contributed by atoms with van der Waals surface area (Å²) in [5.41, 5.74) is 0.779. The first-order chi connectivity index (χ1) is 6.74. The maximum atomic E-state index is 10.9. The first-order valence-electron chi connectivity index (χ1n) is 4.70. The second-order valence-corrected chi connectivity index (χ2v) is 4.10. The van der Waals surface area contributed by atoms with Gasteiger partial charge in [0.25, 0.3) is 0 Å². The Morgan fingerprint density at radius 2 is 2.36 bits per heavy atom. The van der Waals surface area contributed by atoms with Crippen molar-refractivity contribution in [1.29, 1.82) is 0 Å². The van der Waals surface area contributed by atoms with Gasteiger partial charge in [-0.2, -0.15) is 0 Å². The van der Waals surface area contributed by atoms with Crippen LogP contribution in [0, 0.1) is 0 Å². The molecule has 0 bridgehead atoms. The van der Waals surface area contributed by atoms with Gasteiger partial charge in [0.1, 0.15) is 0 Å². The molecule has 14 heavy (non-hydrogen) atoms. The van der Waals surface area contributed by atoms with Crippen LogP contribution in [0.1, 0.15) is 32.1 Å². The summed E-state index contributed by atoms with van der Waals surface area (Å²) in [6.07, 6.45) is 4.10. The quantitative estimate of drug-likeness (QED) is 0.430. The second-order valence-electron chi connectivity index (χ2n) is 3.20. The van der Waals surface area contributed by atoms with Crippen molar-refractivity contribution in [2.24, 2.45) is 5.16 Å². The van der Waals surface area contributed by atoms with Crippen LogP contribution in [0.3, 0.4) is 0 Å². The van der Waals surface area contributed by atoms with E-state index in [9.17, 15) is 4.79 Å². The van der Waals surface area contributed by atoms with Gasteiger partial charge in [0.2, 0.25) is 0 Å². The molecular weight excluding hydrogens is 225 g/mol. The number of nitrogens with zero attached hydrogens (tertiary/aromatic N) is 1. The molecule has 0 saturated heterocycles. The van der Waals surface area contributed by atoms with Gasteiger partial charge in [-0.05, 0) is 19.3 Å². The van der Waals surface area contributed by atoms with Gasteiger partial charge >= 0.3 is 5.97 Å². The smallest absolute Gasteiger partial charge is 0.318 e. The van der Waals surface area contributed by atoms with E-state index in [1.165, 1.54) is 0 Å². The number of hydrogen-bond donors (Lipinski definition) is 0. The van der Waals surface area contributed by atoms with Crippen LogP contribution in [0.15, 0.2) is 5.16 Å². The standard InChI is InChI=1S/C9H13Cl2NO2/c10-6-5-9(13)14-12-8-4-2-1-3-7(8)11/h7H,1-6H2. The molecule has 0 radical (unpaired) electrons. The zero-order valence-corrected chi connectivity index (χ0v) is 9.35. The van der Waals surface area contributed by atoms with Gasteiger partial charge in [-0.3, -0.25) is 0 Å². The van der Waals surface area contributed by atoms with Crippen molar-refractivity contribution in [3.05, 3.63) is 0 Å². The zero-order chi connectivity index (χ0) is 10.4. The fourth-order valence-corrected chi connectivity index (χ4v) is 1.75. The van der Waals surface area contributed by atoms with Crippen LogP contribution in [0.4, 0.5) is 0 Å². The van der Waals surface area contributed by atoms with E-state index in [4.69, 9.17) is 23.2 Å². The van der Waals surface area contributed by atoms with Crippen LogP contribution in [0.25, 0.3) is 0 Å². The third kappa shape index (κ3) is 3.84. The van der Waals surface area contributed by atoms with Gasteiger partial charge in [-0.1, -0.05) is 11.6 Å². The molecular formula is C9H13Cl2NO2. The summed E-state index contributed by atoms with van der Waals surface area (Å²) < 4.78 is 0. The van der Waals surface area contributed by atoms with E-state index in [1.807, 2.05) is 0 Å². The average molecular weight is 238 g/mol. The maximum Gasteiger partial charge on any atom is 0.336 e. The molecule has 3 nitrogen and oxygen atoms in total. The second kappa shape index (κ2) is 6.25. The highest BCUT2D eigenvalue weighted by Gasteiger charge is 2.18. The molecule has 0 aromatic rings. The van der Waals surface area contributed by atoms with Crippen molar-refractivity contribution in [3.63, 3.8) is 0 Å². The van der Waals surface area contributed by atoms with Crippen molar-refractivity contribution in [3.8, 4) is 0 Å². The number of hydrogen-bond acceptors (Lipinski definition) is 3. The van der Waals surface area contributed by atoms with Crippen LogP contribution in [0.2, 0.25) is 0 Å². The Morgan fingerprint density at radius 1 is 1.57 bits per heavy atom. The highest BCUT2D eigenvalue weighted by atomic mass is 35.5. The van der Waals surface area contributed by atoms with Gasteiger partial charge in [0.15, 0.2) is 0 Å². The molecule has 1 aliphatic carbocycles. The highest BCUT2D eigenvalue weighted by molar-refractivity contribution is 6.32. The molecule has 0 amide bonds. The van der Waals surface area contributed by atoms with Crippen LogP contribution in [0.5, 0.6) is 0 Å². The zero-order valence-electron chi connectivity index (χ0n) is 7.84. The number of carbonyl (C=O) groups is 1. The maximum absolute atomic E-state index is 10.9. The predicted octanol–water partition coefficient (Wildman–Crippen LogP) is 2.70. The molecule has 0 aliphatic heterocycles. The van der Waals surface area contributed by atoms with Crippen molar-refractivity contribution in [2.45, 2.75) is 37.5 Å². The van der Waals surface area contributed by atoms with Gasteiger partial charge < -0.3 is 4.84 Å². The summed E-state index contributed by atoms with van der Waals surface area (Å²) in [6, 6.07) is 0. The summed E-state index contributed by atoms with van der Waals surface area (Å²) in [4.78, 5) is 15.6. The lowest BCUT2D eigenvalue weighted by molar-refractivity contribution is -0.143. The normalized spacial score (nSPS) is 25.0. The average Bonchev–Trinajstić information content (AvgIpc) is 2.17. The van der Waals surface area contributed by atoms with E-state index in [2.05, 4.69) is 9.99 Å². The van der Waals surface area contributed by atoms with Gasteiger partial charge in [0.05, 0.1) is 17.5 Å². The molecule has 0 aromatic heterocycles. The minimum absolute atomic E-state index is 0.0763. The molecule has 1 aliphatic rings.